The number of anilines is 2. The van der Waals surface area contributed by atoms with Crippen molar-refractivity contribution in [2.45, 2.75) is 0 Å². The minimum Gasteiger partial charge on any atom is -0.378 e. The number of nitrogens with zero attached hydrogens (tertiary/aromatic N) is 4. The van der Waals surface area contributed by atoms with Crippen molar-refractivity contribution in [3.05, 3.63) is 41.6 Å². The first-order chi connectivity index (χ1) is 10.7. The Bertz CT molecular complexity index is 662. The summed E-state index contributed by atoms with van der Waals surface area (Å²) in [6.07, 6.45) is 3.17. The molecule has 2 aromatic rings. The third-order valence-corrected chi connectivity index (χ3v) is 3.33. The van der Waals surface area contributed by atoms with Crippen LogP contribution in [0.3, 0.4) is 0 Å². The number of rotatable bonds is 3. The molecule has 1 N–H and O–H groups in total. The van der Waals surface area contributed by atoms with E-state index >= 15 is 0 Å². The summed E-state index contributed by atoms with van der Waals surface area (Å²) < 4.78 is 5.30. The van der Waals surface area contributed by atoms with Crippen LogP contribution in [0.1, 0.15) is 10.6 Å². The van der Waals surface area contributed by atoms with Gasteiger partial charge in [0.1, 0.15) is 11.0 Å². The fourth-order valence-electron chi connectivity index (χ4n) is 2.09. The van der Waals surface area contributed by atoms with Crippen molar-refractivity contribution in [2.24, 2.45) is 0 Å². The van der Waals surface area contributed by atoms with Gasteiger partial charge in [0.2, 0.25) is 5.82 Å². The van der Waals surface area contributed by atoms with Crippen LogP contribution in [0.15, 0.2) is 30.6 Å². The molecular weight excluding hydrogens is 306 g/mol. The van der Waals surface area contributed by atoms with Crippen LogP contribution < -0.4 is 10.2 Å². The number of pyridine rings is 1. The van der Waals surface area contributed by atoms with Gasteiger partial charge in [-0.25, -0.2) is 9.97 Å². The zero-order chi connectivity index (χ0) is 15.4. The third kappa shape index (κ3) is 3.49. The van der Waals surface area contributed by atoms with E-state index in [0.717, 1.165) is 0 Å². The molecule has 1 fully saturated rings. The molecule has 0 atom stereocenters. The molecule has 3 rings (SSSR count). The summed E-state index contributed by atoms with van der Waals surface area (Å²) in [5, 5.41) is 2.92. The van der Waals surface area contributed by atoms with E-state index in [2.05, 4.69) is 20.3 Å². The average molecular weight is 320 g/mol. The lowest BCUT2D eigenvalue weighted by molar-refractivity contribution is 0.101. The smallest absolute Gasteiger partial charge is 0.293 e. The summed E-state index contributed by atoms with van der Waals surface area (Å²) in [5.41, 5.74) is 0.573. The first-order valence-corrected chi connectivity index (χ1v) is 7.19. The van der Waals surface area contributed by atoms with Gasteiger partial charge in [0.05, 0.1) is 25.1 Å². The second kappa shape index (κ2) is 6.67. The second-order valence-corrected chi connectivity index (χ2v) is 5.05. The van der Waals surface area contributed by atoms with Gasteiger partial charge < -0.3 is 15.0 Å². The molecule has 22 heavy (non-hydrogen) atoms. The molecule has 0 aliphatic carbocycles. The van der Waals surface area contributed by atoms with Crippen molar-refractivity contribution >= 4 is 29.0 Å². The first-order valence-electron chi connectivity index (χ1n) is 6.81. The number of nitrogens with one attached hydrogen (secondary N) is 1. The largest absolute Gasteiger partial charge is 0.378 e. The average Bonchev–Trinajstić information content (AvgIpc) is 2.56. The van der Waals surface area contributed by atoms with Gasteiger partial charge >= 0.3 is 0 Å². The topological polar surface area (TPSA) is 80.2 Å². The quantitative estimate of drug-likeness (QED) is 0.866. The predicted octanol–water partition coefficient (Wildman–Crippen LogP) is 1.61. The zero-order valence-electron chi connectivity index (χ0n) is 11.7. The van der Waals surface area contributed by atoms with E-state index in [9.17, 15) is 4.79 Å². The Kier molecular flexibility index (Phi) is 4.45. The van der Waals surface area contributed by atoms with Crippen LogP contribution >= 0.6 is 11.6 Å². The Morgan fingerprint density at radius 2 is 2.14 bits per heavy atom. The highest BCUT2D eigenvalue weighted by Gasteiger charge is 2.17. The minimum absolute atomic E-state index is 0.0258. The summed E-state index contributed by atoms with van der Waals surface area (Å²) >= 11 is 6.01. The number of hydrogen-bond donors (Lipinski definition) is 1. The highest BCUT2D eigenvalue weighted by atomic mass is 35.5. The molecule has 1 saturated heterocycles. The lowest BCUT2D eigenvalue weighted by atomic mass is 10.4. The van der Waals surface area contributed by atoms with Gasteiger partial charge in [-0.1, -0.05) is 11.6 Å². The Labute approximate surface area is 132 Å². The van der Waals surface area contributed by atoms with Crippen LogP contribution in [0.5, 0.6) is 0 Å². The molecule has 2 aromatic heterocycles. The number of carbonyl (C=O) groups is 1. The molecule has 3 heterocycles. The lowest BCUT2D eigenvalue weighted by Gasteiger charge is -2.27. The van der Waals surface area contributed by atoms with Crippen LogP contribution in [-0.2, 0) is 4.74 Å². The van der Waals surface area contributed by atoms with Gasteiger partial charge in [-0.05, 0) is 12.1 Å². The summed E-state index contributed by atoms with van der Waals surface area (Å²) in [7, 11) is 0. The van der Waals surface area contributed by atoms with Crippen LogP contribution in [-0.4, -0.2) is 47.2 Å². The SMILES string of the molecule is O=C(Nc1cccnc1)c1nc(Cl)cc(N2CCOCC2)n1. The fourth-order valence-corrected chi connectivity index (χ4v) is 2.26. The van der Waals surface area contributed by atoms with E-state index in [1.165, 1.54) is 0 Å². The van der Waals surface area contributed by atoms with Crippen molar-refractivity contribution in [2.75, 3.05) is 36.5 Å². The summed E-state index contributed by atoms with van der Waals surface area (Å²) in [6, 6.07) is 5.11. The van der Waals surface area contributed by atoms with Crippen LogP contribution in [0.2, 0.25) is 5.15 Å². The van der Waals surface area contributed by atoms with Gasteiger partial charge in [-0.3, -0.25) is 9.78 Å². The summed E-state index contributed by atoms with van der Waals surface area (Å²) in [6.45, 7) is 2.66. The van der Waals surface area contributed by atoms with E-state index < -0.39 is 5.91 Å². The third-order valence-electron chi connectivity index (χ3n) is 3.14. The summed E-state index contributed by atoms with van der Waals surface area (Å²) in [4.78, 5) is 26.5. The van der Waals surface area contributed by atoms with Crippen molar-refractivity contribution in [1.29, 1.82) is 0 Å². The normalized spacial score (nSPS) is 14.7. The Morgan fingerprint density at radius 1 is 1.32 bits per heavy atom. The maximum Gasteiger partial charge on any atom is 0.293 e. The van der Waals surface area contributed by atoms with Gasteiger partial charge in [-0.2, -0.15) is 0 Å². The van der Waals surface area contributed by atoms with Crippen molar-refractivity contribution < 1.29 is 9.53 Å². The minimum atomic E-state index is -0.426. The van der Waals surface area contributed by atoms with Crippen molar-refractivity contribution in [3.8, 4) is 0 Å². The molecular formula is C14H14ClN5O2. The van der Waals surface area contributed by atoms with Crippen LogP contribution in [0.25, 0.3) is 0 Å². The van der Waals surface area contributed by atoms with E-state index in [1.807, 2.05) is 4.90 Å². The first kappa shape index (κ1) is 14.7. The number of hydrogen-bond acceptors (Lipinski definition) is 6. The molecule has 114 valence electrons. The zero-order valence-corrected chi connectivity index (χ0v) is 12.5. The molecule has 1 amide bonds. The van der Waals surface area contributed by atoms with Gasteiger partial charge in [-0.15, -0.1) is 0 Å². The monoisotopic (exact) mass is 319 g/mol. The molecule has 0 bridgehead atoms. The molecule has 8 heteroatoms. The number of ether oxygens (including phenoxy) is 1. The van der Waals surface area contributed by atoms with Crippen LogP contribution in [0.4, 0.5) is 11.5 Å². The molecule has 0 spiro atoms. The van der Waals surface area contributed by atoms with E-state index in [0.29, 0.717) is 37.8 Å². The highest BCUT2D eigenvalue weighted by Crippen LogP contribution is 2.18. The highest BCUT2D eigenvalue weighted by molar-refractivity contribution is 6.29. The maximum atomic E-state index is 12.2. The Balaban J connectivity index is 1.81. The number of carbonyl (C=O) groups excluding carboxylic acids is 1. The lowest BCUT2D eigenvalue weighted by Crippen LogP contribution is -2.37. The molecule has 0 radical (unpaired) electrons. The number of halogens is 1. The van der Waals surface area contributed by atoms with Crippen molar-refractivity contribution in [3.63, 3.8) is 0 Å². The Hall–Kier alpha value is -2.25. The molecule has 1 aliphatic heterocycles. The second-order valence-electron chi connectivity index (χ2n) is 4.67. The maximum absolute atomic E-state index is 12.2. The van der Waals surface area contributed by atoms with Gasteiger partial charge in [0.25, 0.3) is 5.91 Å². The summed E-state index contributed by atoms with van der Waals surface area (Å²) in [5.74, 6) is 0.225. The van der Waals surface area contributed by atoms with E-state index in [1.54, 1.807) is 30.6 Å². The van der Waals surface area contributed by atoms with Gasteiger partial charge in [0, 0.05) is 25.4 Å². The molecule has 1 aliphatic rings. The molecule has 7 nitrogen and oxygen atoms in total. The molecule has 0 unspecified atom stereocenters. The van der Waals surface area contributed by atoms with Gasteiger partial charge in [0.15, 0.2) is 0 Å². The predicted molar refractivity (Wildman–Crippen MR) is 82.3 cm³/mol. The standard InChI is InChI=1S/C14H14ClN5O2/c15-11-8-12(20-4-6-22-7-5-20)19-13(18-11)14(21)17-10-2-1-3-16-9-10/h1-3,8-9H,4-7H2,(H,17,21). The fraction of sp³-hybridized carbons (Fsp3) is 0.286. The van der Waals surface area contributed by atoms with Crippen LogP contribution in [0, 0.1) is 0 Å². The number of amides is 1. The molecule has 0 aromatic carbocycles. The van der Waals surface area contributed by atoms with Crippen molar-refractivity contribution in [1.82, 2.24) is 15.0 Å². The number of morpholine rings is 1. The van der Waals surface area contributed by atoms with E-state index in [4.69, 9.17) is 16.3 Å². The number of aromatic nitrogens is 3. The van der Waals surface area contributed by atoms with E-state index in [-0.39, 0.29) is 11.0 Å². The Morgan fingerprint density at radius 3 is 2.86 bits per heavy atom. The molecule has 0 saturated carbocycles.